The van der Waals surface area contributed by atoms with Crippen LogP contribution < -0.4 is 0 Å². The maximum atomic E-state index is 13.0. The molecular formula is C34H54O3S. The predicted octanol–water partition coefficient (Wildman–Crippen LogP) is 9.19. The van der Waals surface area contributed by atoms with Crippen molar-refractivity contribution in [3.8, 4) is 0 Å². The molecule has 9 atom stereocenters. The second kappa shape index (κ2) is 10.8. The molecule has 0 aliphatic heterocycles. The number of hydrogen-bond donors (Lipinski definition) is 0. The van der Waals surface area contributed by atoms with Crippen LogP contribution in [0.5, 0.6) is 0 Å². The normalized spacial score (nSPS) is 39.9. The van der Waals surface area contributed by atoms with Gasteiger partial charge in [-0.1, -0.05) is 71.6 Å². The van der Waals surface area contributed by atoms with Crippen molar-refractivity contribution in [3.63, 3.8) is 0 Å². The van der Waals surface area contributed by atoms with E-state index in [9.17, 15) is 8.42 Å². The Morgan fingerprint density at radius 2 is 1.55 bits per heavy atom. The van der Waals surface area contributed by atoms with Gasteiger partial charge in [0.1, 0.15) is 0 Å². The molecule has 0 saturated heterocycles. The van der Waals surface area contributed by atoms with Gasteiger partial charge < -0.3 is 0 Å². The zero-order chi connectivity index (χ0) is 27.3. The minimum Gasteiger partial charge on any atom is -0.263 e. The van der Waals surface area contributed by atoms with Crippen molar-refractivity contribution in [2.45, 2.75) is 130 Å². The Bertz CT molecular complexity index is 1060. The fourth-order valence-corrected chi connectivity index (χ4v) is 11.4. The summed E-state index contributed by atoms with van der Waals surface area (Å²) in [4.78, 5) is 0.293. The standard InChI is InChI=1S/C34H54O3S/c1-23(2)8-7-9-25(4)30-16-17-31-29-15-12-26-22-27(37-38(35,36)28-13-10-24(3)11-14-28)18-20-33(26,5)32(29)19-21-34(30,31)6/h10-11,13-14,23,25-27,29-32H,7-9,12,15-22H2,1-6H3/t25-,26+,27+,29-,30+,31-,32-,33+,34-/m1/s1. The SMILES string of the molecule is Cc1ccc(S(=O)(=O)O[C@H]2CC[C@@]3(C)[C@@H](CC[C@H]4[C@H]3CC[C@@]3(C)[C@@H]4CC[C@H]3[C@H](C)CCCC(C)C)C2)cc1. The number of fused-ring (bicyclic) bond motifs is 5. The summed E-state index contributed by atoms with van der Waals surface area (Å²) in [6.45, 7) is 14.5. The molecule has 3 nitrogen and oxygen atoms in total. The number of rotatable bonds is 8. The molecule has 0 unspecified atom stereocenters. The molecule has 0 amide bonds. The Morgan fingerprint density at radius 3 is 2.26 bits per heavy atom. The molecule has 214 valence electrons. The quantitative estimate of drug-likeness (QED) is 0.308. The van der Waals surface area contributed by atoms with Gasteiger partial charge in [0.2, 0.25) is 0 Å². The first kappa shape index (κ1) is 28.7. The van der Waals surface area contributed by atoms with E-state index in [2.05, 4.69) is 34.6 Å². The highest BCUT2D eigenvalue weighted by Crippen LogP contribution is 2.68. The van der Waals surface area contributed by atoms with Crippen molar-refractivity contribution < 1.29 is 12.6 Å². The van der Waals surface area contributed by atoms with Crippen molar-refractivity contribution in [1.82, 2.24) is 0 Å². The van der Waals surface area contributed by atoms with Gasteiger partial charge in [0, 0.05) is 0 Å². The van der Waals surface area contributed by atoms with Gasteiger partial charge in [-0.15, -0.1) is 0 Å². The van der Waals surface area contributed by atoms with E-state index in [1.165, 1.54) is 57.8 Å². The Balaban J connectivity index is 1.24. The van der Waals surface area contributed by atoms with E-state index in [0.29, 0.717) is 21.6 Å². The van der Waals surface area contributed by atoms with Gasteiger partial charge in [-0.25, -0.2) is 0 Å². The summed E-state index contributed by atoms with van der Waals surface area (Å²) < 4.78 is 31.9. The Kier molecular flexibility index (Phi) is 8.17. The maximum absolute atomic E-state index is 13.0. The highest BCUT2D eigenvalue weighted by molar-refractivity contribution is 7.86. The maximum Gasteiger partial charge on any atom is 0.297 e. The van der Waals surface area contributed by atoms with Crippen molar-refractivity contribution in [2.75, 3.05) is 0 Å². The molecule has 4 fully saturated rings. The van der Waals surface area contributed by atoms with E-state index < -0.39 is 10.1 Å². The Hall–Kier alpha value is -0.870. The first-order valence-electron chi connectivity index (χ1n) is 15.9. The third kappa shape index (κ3) is 5.27. The van der Waals surface area contributed by atoms with E-state index >= 15 is 0 Å². The third-order valence-corrected chi connectivity index (χ3v) is 13.8. The van der Waals surface area contributed by atoms with Gasteiger partial charge in [-0.2, -0.15) is 8.42 Å². The minimum atomic E-state index is -3.70. The second-order valence-corrected chi connectivity index (χ2v) is 16.5. The van der Waals surface area contributed by atoms with Gasteiger partial charge >= 0.3 is 0 Å². The van der Waals surface area contributed by atoms with E-state index in [4.69, 9.17) is 4.18 Å². The van der Waals surface area contributed by atoms with Crippen LogP contribution in [0.2, 0.25) is 0 Å². The summed E-state index contributed by atoms with van der Waals surface area (Å²) in [5.74, 6) is 5.75. The lowest BCUT2D eigenvalue weighted by Crippen LogP contribution is -2.54. The van der Waals surface area contributed by atoms with Gasteiger partial charge in [-0.05, 0) is 129 Å². The molecule has 0 radical (unpaired) electrons. The van der Waals surface area contributed by atoms with E-state index in [1.54, 1.807) is 12.1 Å². The third-order valence-electron chi connectivity index (χ3n) is 12.4. The molecule has 5 rings (SSSR count). The van der Waals surface area contributed by atoms with Crippen molar-refractivity contribution in [1.29, 1.82) is 0 Å². The molecule has 0 N–H and O–H groups in total. The van der Waals surface area contributed by atoms with Crippen molar-refractivity contribution >= 4 is 10.1 Å². The minimum absolute atomic E-state index is 0.174. The lowest BCUT2D eigenvalue weighted by Gasteiger charge is -2.61. The average molecular weight is 543 g/mol. The molecule has 4 saturated carbocycles. The first-order valence-corrected chi connectivity index (χ1v) is 17.3. The number of benzene rings is 1. The molecule has 1 aromatic rings. The van der Waals surface area contributed by atoms with Crippen LogP contribution in [-0.4, -0.2) is 14.5 Å². The van der Waals surface area contributed by atoms with E-state index in [0.717, 1.165) is 60.3 Å². The van der Waals surface area contributed by atoms with Crippen LogP contribution >= 0.6 is 0 Å². The van der Waals surface area contributed by atoms with Crippen LogP contribution in [0.15, 0.2) is 29.2 Å². The molecule has 38 heavy (non-hydrogen) atoms. The lowest BCUT2D eigenvalue weighted by atomic mass is 9.44. The fraction of sp³-hybridized carbons (Fsp3) is 0.824. The van der Waals surface area contributed by atoms with Gasteiger partial charge in [-0.3, -0.25) is 4.18 Å². The monoisotopic (exact) mass is 542 g/mol. The zero-order valence-corrected chi connectivity index (χ0v) is 25.9. The van der Waals surface area contributed by atoms with Gasteiger partial charge in [0.25, 0.3) is 10.1 Å². The molecule has 4 heteroatoms. The van der Waals surface area contributed by atoms with Gasteiger partial charge in [0.05, 0.1) is 11.0 Å². The van der Waals surface area contributed by atoms with Gasteiger partial charge in [0.15, 0.2) is 0 Å². The largest absolute Gasteiger partial charge is 0.297 e. The van der Waals surface area contributed by atoms with Crippen LogP contribution in [0.25, 0.3) is 0 Å². The zero-order valence-electron chi connectivity index (χ0n) is 25.0. The molecule has 0 spiro atoms. The smallest absolute Gasteiger partial charge is 0.263 e. The second-order valence-electron chi connectivity index (χ2n) is 14.9. The van der Waals surface area contributed by atoms with E-state index in [-0.39, 0.29) is 6.10 Å². The summed E-state index contributed by atoms with van der Waals surface area (Å²) in [7, 11) is -3.70. The van der Waals surface area contributed by atoms with Crippen LogP contribution in [0.4, 0.5) is 0 Å². The number of hydrogen-bond acceptors (Lipinski definition) is 3. The first-order chi connectivity index (χ1) is 17.9. The molecule has 4 aliphatic carbocycles. The summed E-state index contributed by atoms with van der Waals surface area (Å²) in [5.41, 5.74) is 1.94. The molecule has 4 aliphatic rings. The molecule has 1 aromatic carbocycles. The molecule has 0 bridgehead atoms. The molecular weight excluding hydrogens is 488 g/mol. The average Bonchev–Trinajstić information content (AvgIpc) is 3.21. The summed E-state index contributed by atoms with van der Waals surface area (Å²) in [6, 6.07) is 7.07. The fourth-order valence-electron chi connectivity index (χ4n) is 10.3. The van der Waals surface area contributed by atoms with Crippen molar-refractivity contribution in [3.05, 3.63) is 29.8 Å². The van der Waals surface area contributed by atoms with Crippen molar-refractivity contribution in [2.24, 2.45) is 52.3 Å². The molecule has 0 aromatic heterocycles. The lowest BCUT2D eigenvalue weighted by molar-refractivity contribution is -0.126. The summed E-state index contributed by atoms with van der Waals surface area (Å²) >= 11 is 0. The highest BCUT2D eigenvalue weighted by atomic mass is 32.2. The van der Waals surface area contributed by atoms with Crippen LogP contribution in [-0.2, 0) is 14.3 Å². The van der Waals surface area contributed by atoms with Crippen LogP contribution in [0.1, 0.15) is 117 Å². The number of aryl methyl sites for hydroxylation is 1. The highest BCUT2D eigenvalue weighted by Gasteiger charge is 2.60. The summed E-state index contributed by atoms with van der Waals surface area (Å²) in [6.07, 6.45) is 15.2. The Morgan fingerprint density at radius 1 is 0.868 bits per heavy atom. The predicted molar refractivity (Wildman–Crippen MR) is 156 cm³/mol. The summed E-state index contributed by atoms with van der Waals surface area (Å²) in [5, 5.41) is 0. The Labute approximate surface area is 234 Å². The van der Waals surface area contributed by atoms with Crippen LogP contribution in [0, 0.1) is 59.2 Å². The van der Waals surface area contributed by atoms with E-state index in [1.807, 2.05) is 19.1 Å². The van der Waals surface area contributed by atoms with Crippen LogP contribution in [0.3, 0.4) is 0 Å². The topological polar surface area (TPSA) is 43.4 Å². The molecule has 0 heterocycles.